The molecule has 7 aromatic rings. The summed E-state index contributed by atoms with van der Waals surface area (Å²) >= 11 is 0. The molecule has 0 amide bonds. The fourth-order valence-electron chi connectivity index (χ4n) is 5.51. The van der Waals surface area contributed by atoms with E-state index in [1.54, 1.807) is 0 Å². The van der Waals surface area contributed by atoms with Crippen molar-refractivity contribution in [2.24, 2.45) is 0 Å². The van der Waals surface area contributed by atoms with Crippen molar-refractivity contribution in [3.05, 3.63) is 151 Å². The standard InChI is InChI=1S/C40H30N2O/c1-3-4-13-27(2)29-16-10-20-33(24-29)37-39-38(35-22-8-9-23-36(35)43-39)42-40(41-37)34-21-12-19-32(26-34)31-18-11-17-30(25-31)28-14-6-5-7-15-28/h3-26H,1-2H3/b4-3-,27-13+. The third kappa shape index (κ3) is 5.18. The van der Waals surface area contributed by atoms with Gasteiger partial charge in [0, 0.05) is 16.5 Å². The van der Waals surface area contributed by atoms with Crippen LogP contribution in [-0.4, -0.2) is 9.97 Å². The Labute approximate surface area is 251 Å². The molecule has 7 rings (SSSR count). The van der Waals surface area contributed by atoms with Crippen LogP contribution in [0.25, 0.3) is 72.5 Å². The second-order valence-corrected chi connectivity index (χ2v) is 10.7. The van der Waals surface area contributed by atoms with Crippen LogP contribution in [0, 0.1) is 0 Å². The van der Waals surface area contributed by atoms with E-state index >= 15 is 0 Å². The van der Waals surface area contributed by atoms with Crippen LogP contribution in [0.1, 0.15) is 19.4 Å². The van der Waals surface area contributed by atoms with Gasteiger partial charge < -0.3 is 4.42 Å². The highest BCUT2D eigenvalue weighted by Crippen LogP contribution is 2.37. The molecule has 0 unspecified atom stereocenters. The summed E-state index contributed by atoms with van der Waals surface area (Å²) in [6, 6.07) is 44.2. The van der Waals surface area contributed by atoms with E-state index in [0.717, 1.165) is 50.0 Å². The first-order valence-corrected chi connectivity index (χ1v) is 14.5. The van der Waals surface area contributed by atoms with E-state index in [9.17, 15) is 0 Å². The molecule has 2 aromatic heterocycles. The van der Waals surface area contributed by atoms with Gasteiger partial charge in [0.15, 0.2) is 11.4 Å². The van der Waals surface area contributed by atoms with Crippen LogP contribution in [0.3, 0.4) is 0 Å². The maximum Gasteiger partial charge on any atom is 0.180 e. The summed E-state index contributed by atoms with van der Waals surface area (Å²) in [4.78, 5) is 10.3. The highest BCUT2D eigenvalue weighted by Gasteiger charge is 2.18. The molecule has 0 N–H and O–H groups in total. The predicted octanol–water partition coefficient (Wildman–Crippen LogP) is 11.0. The number of para-hydroxylation sites is 1. The molecule has 43 heavy (non-hydrogen) atoms. The topological polar surface area (TPSA) is 38.9 Å². The van der Waals surface area contributed by atoms with E-state index in [1.165, 1.54) is 16.7 Å². The van der Waals surface area contributed by atoms with Gasteiger partial charge in [0.1, 0.15) is 16.8 Å². The minimum atomic E-state index is 0.668. The molecule has 0 aliphatic carbocycles. The fourth-order valence-corrected chi connectivity index (χ4v) is 5.51. The van der Waals surface area contributed by atoms with Crippen LogP contribution in [-0.2, 0) is 0 Å². The summed E-state index contributed by atoms with van der Waals surface area (Å²) in [5, 5.41) is 0.981. The van der Waals surface area contributed by atoms with E-state index in [2.05, 4.69) is 122 Å². The van der Waals surface area contributed by atoms with Crippen LogP contribution in [0.15, 0.2) is 150 Å². The monoisotopic (exact) mass is 554 g/mol. The predicted molar refractivity (Wildman–Crippen MR) is 180 cm³/mol. The summed E-state index contributed by atoms with van der Waals surface area (Å²) in [6.07, 6.45) is 6.22. The zero-order valence-electron chi connectivity index (χ0n) is 24.2. The molecule has 3 heteroatoms. The quantitative estimate of drug-likeness (QED) is 0.192. The smallest absolute Gasteiger partial charge is 0.180 e. The Balaban J connectivity index is 1.38. The highest BCUT2D eigenvalue weighted by molar-refractivity contribution is 6.07. The molecular weight excluding hydrogens is 524 g/mol. The number of benzene rings is 5. The molecule has 0 atom stereocenters. The Morgan fingerprint density at radius 3 is 2.02 bits per heavy atom. The van der Waals surface area contributed by atoms with E-state index in [-0.39, 0.29) is 0 Å². The largest absolute Gasteiger partial charge is 0.452 e. The third-order valence-electron chi connectivity index (χ3n) is 7.77. The number of allylic oxidation sites excluding steroid dienone is 4. The summed E-state index contributed by atoms with van der Waals surface area (Å²) < 4.78 is 6.39. The van der Waals surface area contributed by atoms with Crippen molar-refractivity contribution < 1.29 is 4.42 Å². The lowest BCUT2D eigenvalue weighted by Crippen LogP contribution is -1.95. The van der Waals surface area contributed by atoms with Gasteiger partial charge >= 0.3 is 0 Å². The first-order valence-electron chi connectivity index (χ1n) is 14.5. The van der Waals surface area contributed by atoms with Crippen molar-refractivity contribution in [1.82, 2.24) is 9.97 Å². The van der Waals surface area contributed by atoms with Crippen LogP contribution in [0.2, 0.25) is 0 Å². The Kier molecular flexibility index (Phi) is 6.98. The van der Waals surface area contributed by atoms with Gasteiger partial charge in [-0.2, -0.15) is 0 Å². The average Bonchev–Trinajstić information content (AvgIpc) is 3.46. The molecule has 0 aliphatic rings. The molecular formula is C40H30N2O. The van der Waals surface area contributed by atoms with Crippen LogP contribution in [0.4, 0.5) is 0 Å². The minimum absolute atomic E-state index is 0.668. The van der Waals surface area contributed by atoms with Crippen molar-refractivity contribution in [1.29, 1.82) is 0 Å². The van der Waals surface area contributed by atoms with Gasteiger partial charge in [-0.25, -0.2) is 9.97 Å². The molecule has 206 valence electrons. The minimum Gasteiger partial charge on any atom is -0.452 e. The van der Waals surface area contributed by atoms with Gasteiger partial charge in [0.2, 0.25) is 0 Å². The van der Waals surface area contributed by atoms with Gasteiger partial charge in [0.25, 0.3) is 0 Å². The number of hydrogen-bond donors (Lipinski definition) is 0. The lowest BCUT2D eigenvalue weighted by Gasteiger charge is -2.10. The van der Waals surface area contributed by atoms with Gasteiger partial charge in [-0.1, -0.05) is 115 Å². The van der Waals surface area contributed by atoms with E-state index in [0.29, 0.717) is 11.4 Å². The zero-order valence-corrected chi connectivity index (χ0v) is 24.2. The first-order chi connectivity index (χ1) is 21.2. The van der Waals surface area contributed by atoms with Crippen LogP contribution < -0.4 is 0 Å². The zero-order chi connectivity index (χ0) is 29.2. The van der Waals surface area contributed by atoms with Crippen molar-refractivity contribution >= 4 is 27.6 Å². The number of nitrogens with zero attached hydrogens (tertiary/aromatic N) is 2. The lowest BCUT2D eigenvalue weighted by molar-refractivity contribution is 0.667. The normalized spacial score (nSPS) is 12.0. The van der Waals surface area contributed by atoms with Gasteiger partial charge in [-0.3, -0.25) is 0 Å². The summed E-state index contributed by atoms with van der Waals surface area (Å²) in [7, 11) is 0. The fraction of sp³-hybridized carbons (Fsp3) is 0.0500. The molecule has 2 heterocycles. The summed E-state index contributed by atoms with van der Waals surface area (Å²) in [5.74, 6) is 0.668. The molecule has 3 nitrogen and oxygen atoms in total. The number of rotatable bonds is 6. The molecule has 0 radical (unpaired) electrons. The van der Waals surface area contributed by atoms with Gasteiger partial charge in [-0.05, 0) is 77.6 Å². The van der Waals surface area contributed by atoms with Gasteiger partial charge in [0.05, 0.1) is 0 Å². The van der Waals surface area contributed by atoms with Crippen molar-refractivity contribution in [2.45, 2.75) is 13.8 Å². The van der Waals surface area contributed by atoms with Crippen molar-refractivity contribution in [2.75, 3.05) is 0 Å². The Morgan fingerprint density at radius 1 is 0.605 bits per heavy atom. The van der Waals surface area contributed by atoms with E-state index in [4.69, 9.17) is 14.4 Å². The maximum absolute atomic E-state index is 6.39. The van der Waals surface area contributed by atoms with Crippen molar-refractivity contribution in [3.8, 4) is 44.9 Å². The Morgan fingerprint density at radius 2 is 1.23 bits per heavy atom. The number of furan rings is 1. The molecule has 0 aliphatic heterocycles. The second-order valence-electron chi connectivity index (χ2n) is 10.7. The maximum atomic E-state index is 6.39. The number of aromatic nitrogens is 2. The second kappa shape index (κ2) is 11.4. The Bertz CT molecular complexity index is 2150. The molecule has 0 fully saturated rings. The van der Waals surface area contributed by atoms with Crippen LogP contribution in [0.5, 0.6) is 0 Å². The molecule has 0 saturated heterocycles. The molecule has 0 spiro atoms. The third-order valence-corrected chi connectivity index (χ3v) is 7.77. The summed E-state index contributed by atoms with van der Waals surface area (Å²) in [5.41, 5.74) is 12.0. The Hall–Kier alpha value is -5.54. The van der Waals surface area contributed by atoms with Crippen LogP contribution >= 0.6 is 0 Å². The highest BCUT2D eigenvalue weighted by atomic mass is 16.3. The molecule has 0 saturated carbocycles. The average molecular weight is 555 g/mol. The first kappa shape index (κ1) is 26.4. The van der Waals surface area contributed by atoms with Gasteiger partial charge in [-0.15, -0.1) is 0 Å². The summed E-state index contributed by atoms with van der Waals surface area (Å²) in [6.45, 7) is 4.15. The van der Waals surface area contributed by atoms with E-state index < -0.39 is 0 Å². The number of hydrogen-bond acceptors (Lipinski definition) is 3. The molecule has 0 bridgehead atoms. The number of fused-ring (bicyclic) bond motifs is 3. The van der Waals surface area contributed by atoms with Crippen molar-refractivity contribution in [3.63, 3.8) is 0 Å². The molecule has 5 aromatic carbocycles. The lowest BCUT2D eigenvalue weighted by atomic mass is 9.98. The van der Waals surface area contributed by atoms with E-state index in [1.807, 2.05) is 37.3 Å². The SMILES string of the molecule is C/C=C\C=C(/C)c1cccc(-c2nc(-c3cccc(-c4cccc(-c5ccccc5)c4)c3)nc3c2oc2ccccc23)c1.